The maximum Gasteiger partial charge on any atom is 0.274 e. The molecule has 2 aromatic rings. The highest BCUT2D eigenvalue weighted by atomic mass is 32.1. The van der Waals surface area contributed by atoms with Crippen LogP contribution in [-0.4, -0.2) is 22.4 Å². The van der Waals surface area contributed by atoms with Crippen LogP contribution in [0.15, 0.2) is 40.8 Å². The molecular formula is C15H14N4O4S. The number of carbonyl (C=O) groups is 2. The van der Waals surface area contributed by atoms with E-state index < -0.39 is 16.7 Å². The van der Waals surface area contributed by atoms with Crippen molar-refractivity contribution < 1.29 is 14.5 Å². The summed E-state index contributed by atoms with van der Waals surface area (Å²) < 4.78 is 0. The molecule has 0 aliphatic rings. The van der Waals surface area contributed by atoms with Crippen molar-refractivity contribution in [3.8, 4) is 0 Å². The van der Waals surface area contributed by atoms with E-state index in [0.29, 0.717) is 16.3 Å². The fraction of sp³-hybridized carbons (Fsp3) is 0.133. The number of anilines is 1. The van der Waals surface area contributed by atoms with Crippen molar-refractivity contribution in [1.29, 1.82) is 0 Å². The minimum Gasteiger partial charge on any atom is -0.313 e. The van der Waals surface area contributed by atoms with E-state index in [0.717, 1.165) is 0 Å². The van der Waals surface area contributed by atoms with Gasteiger partial charge in [0.2, 0.25) is 0 Å². The molecule has 0 fully saturated rings. The molecule has 0 saturated heterocycles. The predicted octanol–water partition coefficient (Wildman–Crippen LogP) is 3.03. The van der Waals surface area contributed by atoms with E-state index in [1.807, 2.05) is 0 Å². The second kappa shape index (κ2) is 7.47. The van der Waals surface area contributed by atoms with Gasteiger partial charge in [-0.15, -0.1) is 11.3 Å². The average molecular weight is 346 g/mol. The molecule has 1 aromatic carbocycles. The summed E-state index contributed by atoms with van der Waals surface area (Å²) in [6, 6.07) is 6.77. The Morgan fingerprint density at radius 3 is 2.38 bits per heavy atom. The average Bonchev–Trinajstić information content (AvgIpc) is 3.00. The Balaban J connectivity index is 2.12. The van der Waals surface area contributed by atoms with Gasteiger partial charge in [0.25, 0.3) is 17.5 Å². The SMILES string of the molecule is CC(C)=NNC(=O)c1ccsc1NC(=O)c1ccc([N+](=O)[O-])cc1. The number of nitro groups is 1. The molecule has 2 N–H and O–H groups in total. The van der Waals surface area contributed by atoms with Crippen LogP contribution in [0.1, 0.15) is 34.6 Å². The van der Waals surface area contributed by atoms with Gasteiger partial charge in [0.1, 0.15) is 5.00 Å². The first-order chi connectivity index (χ1) is 11.4. The highest BCUT2D eigenvalue weighted by Gasteiger charge is 2.16. The summed E-state index contributed by atoms with van der Waals surface area (Å²) in [6.45, 7) is 3.48. The summed E-state index contributed by atoms with van der Waals surface area (Å²) in [5.41, 5.74) is 3.52. The van der Waals surface area contributed by atoms with Crippen LogP contribution >= 0.6 is 11.3 Å². The minimum absolute atomic E-state index is 0.101. The predicted molar refractivity (Wildman–Crippen MR) is 91.6 cm³/mol. The molecule has 9 heteroatoms. The monoisotopic (exact) mass is 346 g/mol. The normalized spacial score (nSPS) is 9.92. The topological polar surface area (TPSA) is 114 Å². The third kappa shape index (κ3) is 4.23. The summed E-state index contributed by atoms with van der Waals surface area (Å²) in [5, 5.41) is 19.1. The Labute approximate surface area is 141 Å². The Hall–Kier alpha value is -3.07. The summed E-state index contributed by atoms with van der Waals surface area (Å²) in [7, 11) is 0. The van der Waals surface area contributed by atoms with E-state index in [2.05, 4.69) is 15.8 Å². The Morgan fingerprint density at radius 1 is 1.12 bits per heavy atom. The fourth-order valence-electron chi connectivity index (χ4n) is 1.72. The smallest absolute Gasteiger partial charge is 0.274 e. The lowest BCUT2D eigenvalue weighted by atomic mass is 10.2. The van der Waals surface area contributed by atoms with Crippen LogP contribution < -0.4 is 10.7 Å². The third-order valence-electron chi connectivity index (χ3n) is 2.86. The van der Waals surface area contributed by atoms with E-state index >= 15 is 0 Å². The van der Waals surface area contributed by atoms with Crippen molar-refractivity contribution in [3.63, 3.8) is 0 Å². The molecule has 0 radical (unpaired) electrons. The fourth-order valence-corrected chi connectivity index (χ4v) is 2.50. The number of thiophene rings is 1. The maximum atomic E-state index is 12.2. The summed E-state index contributed by atoms with van der Waals surface area (Å²) in [4.78, 5) is 34.3. The number of benzene rings is 1. The van der Waals surface area contributed by atoms with Gasteiger partial charge in [0.05, 0.1) is 10.5 Å². The van der Waals surface area contributed by atoms with Crippen LogP contribution in [-0.2, 0) is 0 Å². The number of hydrazone groups is 1. The number of nitrogens with one attached hydrogen (secondary N) is 2. The molecule has 2 rings (SSSR count). The van der Waals surface area contributed by atoms with Crippen LogP contribution in [0.2, 0.25) is 0 Å². The number of amides is 2. The number of nitrogens with zero attached hydrogens (tertiary/aromatic N) is 2. The van der Waals surface area contributed by atoms with Gasteiger partial charge >= 0.3 is 0 Å². The molecule has 0 bridgehead atoms. The molecule has 1 aromatic heterocycles. The van der Waals surface area contributed by atoms with Gasteiger partial charge < -0.3 is 5.32 Å². The standard InChI is InChI=1S/C15H14N4O4S/c1-9(2)17-18-14(21)12-7-8-24-15(12)16-13(20)10-3-5-11(6-4-10)19(22)23/h3-8H,1-2H3,(H,16,20)(H,18,21). The first-order valence-corrected chi connectivity index (χ1v) is 7.71. The number of nitro benzene ring substituents is 1. The van der Waals surface area contributed by atoms with Gasteiger partial charge in [-0.3, -0.25) is 19.7 Å². The zero-order chi connectivity index (χ0) is 17.7. The summed E-state index contributed by atoms with van der Waals surface area (Å²) >= 11 is 1.19. The first-order valence-electron chi connectivity index (χ1n) is 6.83. The zero-order valence-electron chi connectivity index (χ0n) is 12.9. The van der Waals surface area contributed by atoms with Crippen LogP contribution in [0.25, 0.3) is 0 Å². The van der Waals surface area contributed by atoms with E-state index in [-0.39, 0.29) is 11.3 Å². The van der Waals surface area contributed by atoms with Crippen molar-refractivity contribution in [2.75, 3.05) is 5.32 Å². The van der Waals surface area contributed by atoms with E-state index in [1.54, 1.807) is 25.3 Å². The van der Waals surface area contributed by atoms with Crippen molar-refractivity contribution in [2.24, 2.45) is 5.10 Å². The molecule has 0 atom stereocenters. The van der Waals surface area contributed by atoms with Gasteiger partial charge in [-0.25, -0.2) is 5.43 Å². The first kappa shape index (κ1) is 17.3. The Kier molecular flexibility index (Phi) is 5.38. The van der Waals surface area contributed by atoms with Crippen LogP contribution in [0, 0.1) is 10.1 Å². The van der Waals surface area contributed by atoms with Crippen molar-refractivity contribution >= 4 is 39.6 Å². The molecule has 1 heterocycles. The van der Waals surface area contributed by atoms with Gasteiger partial charge in [-0.2, -0.15) is 5.10 Å². The largest absolute Gasteiger partial charge is 0.313 e. The lowest BCUT2D eigenvalue weighted by Gasteiger charge is -2.06. The quantitative estimate of drug-likeness (QED) is 0.492. The molecule has 24 heavy (non-hydrogen) atoms. The van der Waals surface area contributed by atoms with Gasteiger partial charge in [-0.05, 0) is 37.4 Å². The molecule has 8 nitrogen and oxygen atoms in total. The second-order valence-corrected chi connectivity index (χ2v) is 5.84. The highest BCUT2D eigenvalue weighted by molar-refractivity contribution is 7.14. The molecule has 0 unspecified atom stereocenters. The Bertz CT molecular complexity index is 807. The van der Waals surface area contributed by atoms with Crippen LogP contribution in [0.4, 0.5) is 10.7 Å². The van der Waals surface area contributed by atoms with Crippen LogP contribution in [0.3, 0.4) is 0 Å². The zero-order valence-corrected chi connectivity index (χ0v) is 13.7. The van der Waals surface area contributed by atoms with Gasteiger partial charge in [-0.1, -0.05) is 0 Å². The molecule has 0 spiro atoms. The second-order valence-electron chi connectivity index (χ2n) is 4.92. The lowest BCUT2D eigenvalue weighted by Crippen LogP contribution is -2.20. The number of non-ortho nitro benzene ring substituents is 1. The van der Waals surface area contributed by atoms with Gasteiger partial charge in [0.15, 0.2) is 0 Å². The molecule has 0 saturated carbocycles. The molecule has 2 amide bonds. The van der Waals surface area contributed by atoms with Gasteiger partial charge in [0, 0.05) is 23.4 Å². The minimum atomic E-state index is -0.542. The highest BCUT2D eigenvalue weighted by Crippen LogP contribution is 2.24. The number of rotatable bonds is 5. The summed E-state index contributed by atoms with van der Waals surface area (Å²) in [5.74, 6) is -0.895. The van der Waals surface area contributed by atoms with E-state index in [4.69, 9.17) is 0 Å². The maximum absolute atomic E-state index is 12.2. The van der Waals surface area contributed by atoms with Crippen molar-refractivity contribution in [2.45, 2.75) is 13.8 Å². The number of carbonyl (C=O) groups excluding carboxylic acids is 2. The molecule has 124 valence electrons. The number of hydrogen-bond donors (Lipinski definition) is 2. The summed E-state index contributed by atoms with van der Waals surface area (Å²) in [6.07, 6.45) is 0. The molecule has 0 aliphatic carbocycles. The van der Waals surface area contributed by atoms with Crippen LogP contribution in [0.5, 0.6) is 0 Å². The van der Waals surface area contributed by atoms with Crippen molar-refractivity contribution in [3.05, 3.63) is 57.0 Å². The van der Waals surface area contributed by atoms with E-state index in [9.17, 15) is 19.7 Å². The number of hydrogen-bond acceptors (Lipinski definition) is 6. The van der Waals surface area contributed by atoms with Crippen molar-refractivity contribution in [1.82, 2.24) is 5.43 Å². The molecule has 0 aliphatic heterocycles. The van der Waals surface area contributed by atoms with E-state index in [1.165, 1.54) is 35.6 Å². The third-order valence-corrected chi connectivity index (χ3v) is 3.69. The lowest BCUT2D eigenvalue weighted by molar-refractivity contribution is -0.384. The Morgan fingerprint density at radius 2 is 1.79 bits per heavy atom. The molecular weight excluding hydrogens is 332 g/mol.